The van der Waals surface area contributed by atoms with Gasteiger partial charge < -0.3 is 0 Å². The molecule has 1 aromatic carbocycles. The van der Waals surface area contributed by atoms with Gasteiger partial charge in [-0.1, -0.05) is 0 Å². The van der Waals surface area contributed by atoms with E-state index in [1.54, 1.807) is 13.8 Å². The molecule has 0 aromatic heterocycles. The van der Waals surface area contributed by atoms with Gasteiger partial charge in [0.05, 0.1) is 0 Å². The van der Waals surface area contributed by atoms with E-state index < -0.39 is 11.6 Å². The quantitative estimate of drug-likeness (QED) is 0.541. The standard InChI is InChI=1S/C9H10F2/c1-5-4-8(10)7(3)9(11)6(5)2/h4H,1-3H3. The summed E-state index contributed by atoms with van der Waals surface area (Å²) >= 11 is 0. The minimum absolute atomic E-state index is 0.105. The number of hydrogen-bond donors (Lipinski definition) is 0. The van der Waals surface area contributed by atoms with E-state index in [2.05, 4.69) is 0 Å². The van der Waals surface area contributed by atoms with Crippen LogP contribution in [0, 0.1) is 32.4 Å². The molecule has 11 heavy (non-hydrogen) atoms. The van der Waals surface area contributed by atoms with E-state index in [1.165, 1.54) is 13.0 Å². The lowest BCUT2D eigenvalue weighted by molar-refractivity contribution is 0.560. The molecule has 0 amide bonds. The molecule has 0 spiro atoms. The van der Waals surface area contributed by atoms with Crippen LogP contribution in [-0.2, 0) is 0 Å². The third-order valence-electron chi connectivity index (χ3n) is 1.95. The van der Waals surface area contributed by atoms with E-state index in [1.807, 2.05) is 0 Å². The van der Waals surface area contributed by atoms with E-state index in [-0.39, 0.29) is 5.56 Å². The van der Waals surface area contributed by atoms with Crippen molar-refractivity contribution < 1.29 is 8.78 Å². The highest BCUT2D eigenvalue weighted by Crippen LogP contribution is 2.18. The van der Waals surface area contributed by atoms with E-state index >= 15 is 0 Å². The van der Waals surface area contributed by atoms with E-state index in [0.717, 1.165) is 0 Å². The second kappa shape index (κ2) is 2.61. The number of halogens is 2. The highest BCUT2D eigenvalue weighted by Gasteiger charge is 2.08. The van der Waals surface area contributed by atoms with Crippen LogP contribution in [0.1, 0.15) is 16.7 Å². The molecule has 1 rings (SSSR count). The summed E-state index contributed by atoms with van der Waals surface area (Å²) in [6, 6.07) is 1.35. The van der Waals surface area contributed by atoms with Crippen LogP contribution in [0.25, 0.3) is 0 Å². The fourth-order valence-electron chi connectivity index (χ4n) is 0.966. The fraction of sp³-hybridized carbons (Fsp3) is 0.333. The lowest BCUT2D eigenvalue weighted by atomic mass is 10.1. The summed E-state index contributed by atoms with van der Waals surface area (Å²) in [5.74, 6) is -0.895. The first kappa shape index (κ1) is 8.18. The SMILES string of the molecule is Cc1cc(F)c(C)c(F)c1C. The third-order valence-corrected chi connectivity index (χ3v) is 1.95. The van der Waals surface area contributed by atoms with Crippen molar-refractivity contribution in [3.05, 3.63) is 34.4 Å². The summed E-state index contributed by atoms with van der Waals surface area (Å²) in [7, 11) is 0. The average Bonchev–Trinajstić information content (AvgIpc) is 1.97. The maximum absolute atomic E-state index is 13.0. The van der Waals surface area contributed by atoms with Crippen molar-refractivity contribution in [2.45, 2.75) is 20.8 Å². The van der Waals surface area contributed by atoms with Crippen LogP contribution < -0.4 is 0 Å². The van der Waals surface area contributed by atoms with E-state index in [0.29, 0.717) is 11.1 Å². The number of rotatable bonds is 0. The smallest absolute Gasteiger partial charge is 0.132 e. The van der Waals surface area contributed by atoms with Crippen LogP contribution in [0.2, 0.25) is 0 Å². The lowest BCUT2D eigenvalue weighted by Gasteiger charge is -2.04. The molecule has 0 saturated carbocycles. The Balaban J connectivity index is 3.46. The molecule has 0 aliphatic heterocycles. The van der Waals surface area contributed by atoms with Gasteiger partial charge in [-0.25, -0.2) is 8.78 Å². The lowest BCUT2D eigenvalue weighted by Crippen LogP contribution is -1.95. The zero-order chi connectivity index (χ0) is 8.59. The molecular weight excluding hydrogens is 146 g/mol. The van der Waals surface area contributed by atoms with Crippen molar-refractivity contribution in [2.75, 3.05) is 0 Å². The van der Waals surface area contributed by atoms with Gasteiger partial charge in [-0.15, -0.1) is 0 Å². The van der Waals surface area contributed by atoms with Crippen LogP contribution >= 0.6 is 0 Å². The van der Waals surface area contributed by atoms with Crippen LogP contribution in [0.3, 0.4) is 0 Å². The first-order valence-corrected chi connectivity index (χ1v) is 3.46. The van der Waals surface area contributed by atoms with Gasteiger partial charge in [0.15, 0.2) is 0 Å². The minimum Gasteiger partial charge on any atom is -0.207 e. The van der Waals surface area contributed by atoms with Gasteiger partial charge in [0, 0.05) is 5.56 Å². The maximum Gasteiger partial charge on any atom is 0.132 e. The van der Waals surface area contributed by atoms with Crippen LogP contribution in [-0.4, -0.2) is 0 Å². The molecule has 2 heteroatoms. The van der Waals surface area contributed by atoms with Crippen LogP contribution in [0.5, 0.6) is 0 Å². The zero-order valence-electron chi connectivity index (χ0n) is 6.83. The first-order valence-electron chi connectivity index (χ1n) is 3.46. The van der Waals surface area contributed by atoms with Gasteiger partial charge in [-0.2, -0.15) is 0 Å². The van der Waals surface area contributed by atoms with Crippen molar-refractivity contribution in [1.29, 1.82) is 0 Å². The predicted molar refractivity (Wildman–Crippen MR) is 40.6 cm³/mol. The molecule has 0 aliphatic rings. The highest BCUT2D eigenvalue weighted by molar-refractivity contribution is 5.32. The summed E-state index contributed by atoms with van der Waals surface area (Å²) in [6.07, 6.45) is 0. The van der Waals surface area contributed by atoms with Crippen molar-refractivity contribution in [3.63, 3.8) is 0 Å². The van der Waals surface area contributed by atoms with Crippen molar-refractivity contribution in [1.82, 2.24) is 0 Å². The van der Waals surface area contributed by atoms with E-state index in [9.17, 15) is 8.78 Å². The Labute approximate surface area is 64.9 Å². The molecule has 0 N–H and O–H groups in total. The van der Waals surface area contributed by atoms with Gasteiger partial charge in [0.2, 0.25) is 0 Å². The van der Waals surface area contributed by atoms with Crippen LogP contribution in [0.15, 0.2) is 6.07 Å². The Bertz CT molecular complexity index is 264. The summed E-state index contributed by atoms with van der Waals surface area (Å²) in [5, 5.41) is 0. The summed E-state index contributed by atoms with van der Waals surface area (Å²) in [4.78, 5) is 0. The first-order chi connectivity index (χ1) is 5.04. The van der Waals surface area contributed by atoms with Gasteiger partial charge in [-0.05, 0) is 38.0 Å². The number of benzene rings is 1. The largest absolute Gasteiger partial charge is 0.207 e. The Hall–Kier alpha value is -0.920. The normalized spacial score (nSPS) is 10.3. The topological polar surface area (TPSA) is 0 Å². The number of hydrogen-bond acceptors (Lipinski definition) is 0. The van der Waals surface area contributed by atoms with Gasteiger partial charge in [0.25, 0.3) is 0 Å². The molecule has 0 aliphatic carbocycles. The zero-order valence-corrected chi connectivity index (χ0v) is 6.83. The van der Waals surface area contributed by atoms with Crippen LogP contribution in [0.4, 0.5) is 8.78 Å². The Kier molecular flexibility index (Phi) is 1.94. The van der Waals surface area contributed by atoms with Gasteiger partial charge >= 0.3 is 0 Å². The third kappa shape index (κ3) is 1.25. The second-order valence-corrected chi connectivity index (χ2v) is 2.74. The van der Waals surface area contributed by atoms with Crippen molar-refractivity contribution in [2.24, 2.45) is 0 Å². The molecule has 0 fully saturated rings. The molecule has 0 atom stereocenters. The average molecular weight is 156 g/mol. The Morgan fingerprint density at radius 2 is 1.55 bits per heavy atom. The fourth-order valence-corrected chi connectivity index (χ4v) is 0.966. The molecule has 0 bridgehead atoms. The minimum atomic E-state index is -0.467. The molecule has 0 saturated heterocycles. The summed E-state index contributed by atoms with van der Waals surface area (Å²) < 4.78 is 25.8. The maximum atomic E-state index is 13.0. The molecule has 1 aromatic rings. The summed E-state index contributed by atoms with van der Waals surface area (Å²) in [6.45, 7) is 4.79. The Morgan fingerprint density at radius 1 is 1.00 bits per heavy atom. The Morgan fingerprint density at radius 3 is 2.09 bits per heavy atom. The molecule has 60 valence electrons. The van der Waals surface area contributed by atoms with Gasteiger partial charge in [0.1, 0.15) is 11.6 Å². The molecule has 0 radical (unpaired) electrons. The summed E-state index contributed by atoms with van der Waals surface area (Å²) in [5.41, 5.74) is 1.29. The monoisotopic (exact) mass is 156 g/mol. The van der Waals surface area contributed by atoms with E-state index in [4.69, 9.17) is 0 Å². The molecule has 0 heterocycles. The van der Waals surface area contributed by atoms with Crippen molar-refractivity contribution in [3.8, 4) is 0 Å². The van der Waals surface area contributed by atoms with Crippen molar-refractivity contribution >= 4 is 0 Å². The second-order valence-electron chi connectivity index (χ2n) is 2.74. The van der Waals surface area contributed by atoms with Gasteiger partial charge in [-0.3, -0.25) is 0 Å². The highest BCUT2D eigenvalue weighted by atomic mass is 19.1. The molecule has 0 unspecified atom stereocenters. The number of aryl methyl sites for hydroxylation is 1. The molecular formula is C9H10F2. The molecule has 0 nitrogen and oxygen atoms in total. The predicted octanol–water partition coefficient (Wildman–Crippen LogP) is 2.89.